The van der Waals surface area contributed by atoms with E-state index in [2.05, 4.69) is 0 Å². The summed E-state index contributed by atoms with van der Waals surface area (Å²) in [7, 11) is 0. The first-order valence-corrected chi connectivity index (χ1v) is 4.05. The lowest BCUT2D eigenvalue weighted by Gasteiger charge is -2.03. The molecule has 1 aromatic carbocycles. The molecule has 0 aliphatic carbocycles. The fourth-order valence-corrected chi connectivity index (χ4v) is 1.34. The number of rotatable bonds is 1. The Bertz CT molecular complexity index is 508. The predicted octanol–water partition coefficient (Wildman–Crippen LogP) is 1.17. The van der Waals surface area contributed by atoms with Crippen LogP contribution in [0.5, 0.6) is 0 Å². The third kappa shape index (κ3) is 1.17. The van der Waals surface area contributed by atoms with Crippen molar-refractivity contribution in [1.82, 2.24) is 0 Å². The summed E-state index contributed by atoms with van der Waals surface area (Å²) >= 11 is 0. The normalized spacial score (nSPS) is 10.3. The zero-order valence-corrected chi connectivity index (χ0v) is 7.18. The number of para-hydroxylation sites is 1. The van der Waals surface area contributed by atoms with Gasteiger partial charge in [-0.05, 0) is 12.1 Å². The molecule has 1 aromatic heterocycles. The second-order valence-electron chi connectivity index (χ2n) is 2.88. The van der Waals surface area contributed by atoms with Crippen LogP contribution in [0.1, 0.15) is 10.5 Å². The molecule has 4 heteroatoms. The first kappa shape index (κ1) is 8.50. The molecule has 14 heavy (non-hydrogen) atoms. The van der Waals surface area contributed by atoms with Crippen molar-refractivity contribution in [3.05, 3.63) is 47.3 Å². The van der Waals surface area contributed by atoms with Crippen molar-refractivity contribution < 1.29 is 14.6 Å². The van der Waals surface area contributed by atoms with Crippen LogP contribution in [0.15, 0.2) is 36.4 Å². The molecule has 0 unspecified atom stereocenters. The maximum Gasteiger partial charge on any atom is 0.402 e. The van der Waals surface area contributed by atoms with Crippen molar-refractivity contribution in [3.8, 4) is 0 Å². The van der Waals surface area contributed by atoms with Gasteiger partial charge in [-0.3, -0.25) is 0 Å². The Balaban J connectivity index is 2.81. The van der Waals surface area contributed by atoms with Gasteiger partial charge in [0.15, 0.2) is 0 Å². The Morgan fingerprint density at radius 1 is 1.21 bits per heavy atom. The van der Waals surface area contributed by atoms with Crippen LogP contribution in [-0.2, 0) is 0 Å². The molecule has 1 N–H and O–H groups in total. The molecule has 1 heterocycles. The maximum atomic E-state index is 11.5. The molecule has 0 saturated heterocycles. The molecule has 2 rings (SSSR count). The molecular formula is C10H7NO3. The Morgan fingerprint density at radius 2 is 1.93 bits per heavy atom. The first-order valence-electron chi connectivity index (χ1n) is 4.05. The number of nitrogens with zero attached hydrogens (tertiary/aromatic N) is 1. The molecule has 0 amide bonds. The summed E-state index contributed by atoms with van der Waals surface area (Å²) in [6, 6.07) is 9.76. The van der Waals surface area contributed by atoms with E-state index in [9.17, 15) is 10.0 Å². The SMILES string of the molecule is O=C(O)c1ccc2ccccc2[n+]1[O-]. The largest absolute Gasteiger partial charge is 0.618 e. The van der Waals surface area contributed by atoms with Crippen molar-refractivity contribution in [2.45, 2.75) is 0 Å². The van der Waals surface area contributed by atoms with Gasteiger partial charge in [0.25, 0.3) is 0 Å². The van der Waals surface area contributed by atoms with E-state index >= 15 is 0 Å². The zero-order chi connectivity index (χ0) is 10.1. The lowest BCUT2D eigenvalue weighted by atomic mass is 10.2. The second kappa shape index (κ2) is 2.99. The zero-order valence-electron chi connectivity index (χ0n) is 7.18. The molecule has 0 spiro atoms. The van der Waals surface area contributed by atoms with Crippen molar-refractivity contribution in [2.75, 3.05) is 0 Å². The summed E-state index contributed by atoms with van der Waals surface area (Å²) in [6.07, 6.45) is 0. The Kier molecular flexibility index (Phi) is 1.81. The molecule has 0 fully saturated rings. The Hall–Kier alpha value is -2.10. The van der Waals surface area contributed by atoms with Gasteiger partial charge in [0.1, 0.15) is 0 Å². The van der Waals surface area contributed by atoms with Crippen LogP contribution in [0.4, 0.5) is 0 Å². The highest BCUT2D eigenvalue weighted by molar-refractivity contribution is 5.86. The number of hydrogen-bond acceptors (Lipinski definition) is 2. The van der Waals surface area contributed by atoms with Gasteiger partial charge in [0.05, 0.1) is 0 Å². The summed E-state index contributed by atoms with van der Waals surface area (Å²) in [5, 5.41) is 20.9. The maximum absolute atomic E-state index is 11.5. The van der Waals surface area contributed by atoms with Crippen molar-refractivity contribution in [1.29, 1.82) is 0 Å². The summed E-state index contributed by atoms with van der Waals surface area (Å²) in [5.41, 5.74) is 0.108. The summed E-state index contributed by atoms with van der Waals surface area (Å²) in [6.45, 7) is 0. The van der Waals surface area contributed by atoms with E-state index in [1.165, 1.54) is 6.07 Å². The van der Waals surface area contributed by atoms with Crippen LogP contribution in [0.2, 0.25) is 0 Å². The highest BCUT2D eigenvalue weighted by atomic mass is 16.5. The molecule has 0 aliphatic heterocycles. The number of aromatic nitrogens is 1. The molecule has 2 aromatic rings. The number of carbonyl (C=O) groups is 1. The number of benzene rings is 1. The van der Waals surface area contributed by atoms with E-state index in [4.69, 9.17) is 5.11 Å². The number of carboxylic acid groups (broad SMARTS) is 1. The average Bonchev–Trinajstić information content (AvgIpc) is 2.18. The quantitative estimate of drug-likeness (QED) is 0.541. The molecule has 4 nitrogen and oxygen atoms in total. The van der Waals surface area contributed by atoms with Gasteiger partial charge >= 0.3 is 11.7 Å². The Morgan fingerprint density at radius 3 is 2.64 bits per heavy atom. The van der Waals surface area contributed by atoms with Crippen LogP contribution in [0.3, 0.4) is 0 Å². The third-order valence-corrected chi connectivity index (χ3v) is 2.01. The van der Waals surface area contributed by atoms with E-state index in [1.54, 1.807) is 30.3 Å². The van der Waals surface area contributed by atoms with Crippen LogP contribution in [0.25, 0.3) is 10.9 Å². The van der Waals surface area contributed by atoms with E-state index in [0.717, 1.165) is 5.39 Å². The van der Waals surface area contributed by atoms with E-state index < -0.39 is 5.97 Å². The molecule has 0 bridgehead atoms. The van der Waals surface area contributed by atoms with Gasteiger partial charge in [-0.25, -0.2) is 4.79 Å². The minimum absolute atomic E-state index is 0.260. The average molecular weight is 189 g/mol. The van der Waals surface area contributed by atoms with Gasteiger partial charge in [-0.1, -0.05) is 12.1 Å². The third-order valence-electron chi connectivity index (χ3n) is 2.01. The topological polar surface area (TPSA) is 64.2 Å². The van der Waals surface area contributed by atoms with Gasteiger partial charge in [0.2, 0.25) is 5.52 Å². The number of aromatic carboxylic acids is 1. The van der Waals surface area contributed by atoms with Crippen molar-refractivity contribution >= 4 is 16.9 Å². The van der Waals surface area contributed by atoms with Gasteiger partial charge < -0.3 is 10.3 Å². The van der Waals surface area contributed by atoms with Gasteiger partial charge in [0, 0.05) is 17.5 Å². The van der Waals surface area contributed by atoms with Crippen molar-refractivity contribution in [3.63, 3.8) is 0 Å². The Labute approximate surface area is 79.6 Å². The number of fused-ring (bicyclic) bond motifs is 1. The summed E-state index contributed by atoms with van der Waals surface area (Å²) in [5.74, 6) is -1.22. The lowest BCUT2D eigenvalue weighted by Crippen LogP contribution is -2.35. The van der Waals surface area contributed by atoms with Crippen LogP contribution >= 0.6 is 0 Å². The van der Waals surface area contributed by atoms with Crippen LogP contribution < -0.4 is 4.73 Å². The summed E-state index contributed by atoms with van der Waals surface area (Å²) < 4.78 is 0.428. The first-order chi connectivity index (χ1) is 6.70. The molecule has 0 aliphatic rings. The predicted molar refractivity (Wildman–Crippen MR) is 49.9 cm³/mol. The summed E-state index contributed by atoms with van der Waals surface area (Å²) in [4.78, 5) is 10.6. The van der Waals surface area contributed by atoms with Crippen molar-refractivity contribution in [2.24, 2.45) is 0 Å². The lowest BCUT2D eigenvalue weighted by molar-refractivity contribution is -0.580. The molecule has 70 valence electrons. The fourth-order valence-electron chi connectivity index (χ4n) is 1.34. The second-order valence-corrected chi connectivity index (χ2v) is 2.88. The van der Waals surface area contributed by atoms with Crippen LogP contribution in [-0.4, -0.2) is 11.1 Å². The fraction of sp³-hybridized carbons (Fsp3) is 0. The monoisotopic (exact) mass is 189 g/mol. The number of hydrogen-bond donors (Lipinski definition) is 1. The van der Waals surface area contributed by atoms with E-state index in [1.807, 2.05) is 0 Å². The molecular weight excluding hydrogens is 182 g/mol. The molecule has 0 radical (unpaired) electrons. The minimum atomic E-state index is -1.22. The van der Waals surface area contributed by atoms with Gasteiger partial charge in [-0.15, -0.1) is 0 Å². The number of carboxylic acids is 1. The molecule has 0 saturated carbocycles. The van der Waals surface area contributed by atoms with E-state index in [-0.39, 0.29) is 5.69 Å². The highest BCUT2D eigenvalue weighted by Gasteiger charge is 2.16. The minimum Gasteiger partial charge on any atom is -0.618 e. The van der Waals surface area contributed by atoms with Gasteiger partial charge in [-0.2, -0.15) is 4.73 Å². The highest BCUT2D eigenvalue weighted by Crippen LogP contribution is 2.09. The molecule has 0 atom stereocenters. The van der Waals surface area contributed by atoms with E-state index in [0.29, 0.717) is 10.2 Å². The standard InChI is InChI=1S/C10H7NO3/c12-10(13)9-6-5-7-3-1-2-4-8(7)11(9)14/h1-6H,(H,12,13). The number of pyridine rings is 1. The smallest absolute Gasteiger partial charge is 0.402 e. The van der Waals surface area contributed by atoms with Crippen LogP contribution in [0, 0.1) is 5.21 Å².